The van der Waals surface area contributed by atoms with Gasteiger partial charge in [-0.25, -0.2) is 9.78 Å². The lowest BCUT2D eigenvalue weighted by Crippen LogP contribution is -2.14. The van der Waals surface area contributed by atoms with Gasteiger partial charge in [-0.2, -0.15) is 0 Å². The van der Waals surface area contributed by atoms with E-state index in [0.29, 0.717) is 39.5 Å². The van der Waals surface area contributed by atoms with E-state index >= 15 is 0 Å². The monoisotopic (exact) mass is 351 g/mol. The van der Waals surface area contributed by atoms with Crippen LogP contribution in [-0.4, -0.2) is 29.1 Å². The molecule has 1 aliphatic rings. The van der Waals surface area contributed by atoms with E-state index in [1.165, 1.54) is 7.11 Å². The van der Waals surface area contributed by atoms with E-state index in [1.807, 2.05) is 6.07 Å². The first kappa shape index (κ1) is 16.3. The van der Waals surface area contributed by atoms with Gasteiger partial charge in [-0.05, 0) is 44.0 Å². The van der Waals surface area contributed by atoms with Gasteiger partial charge in [-0.3, -0.25) is 4.79 Å². The van der Waals surface area contributed by atoms with Gasteiger partial charge >= 0.3 is 5.97 Å². The van der Waals surface area contributed by atoms with Crippen LogP contribution in [0.4, 0.5) is 5.69 Å². The fourth-order valence-electron chi connectivity index (χ4n) is 2.92. The lowest BCUT2D eigenvalue weighted by atomic mass is 10.1. The molecule has 0 unspecified atom stereocenters. The molecule has 0 radical (unpaired) electrons. The van der Waals surface area contributed by atoms with Crippen LogP contribution in [0, 0.1) is 6.92 Å². The summed E-state index contributed by atoms with van der Waals surface area (Å²) in [5.74, 6) is -0.384. The molecule has 3 aromatic rings. The zero-order valence-electron chi connectivity index (χ0n) is 14.4. The highest BCUT2D eigenvalue weighted by molar-refractivity contribution is 6.12. The van der Waals surface area contributed by atoms with Crippen molar-refractivity contribution in [1.29, 1.82) is 0 Å². The van der Waals surface area contributed by atoms with Crippen LogP contribution < -0.4 is 5.32 Å². The molecule has 0 bridgehead atoms. The zero-order chi connectivity index (χ0) is 18.3. The number of pyridine rings is 1. The molecule has 2 heterocycles. The number of benzene rings is 1. The number of anilines is 1. The van der Waals surface area contributed by atoms with Crippen molar-refractivity contribution in [3.05, 3.63) is 52.8 Å². The SMILES string of the molecule is COC(=O)c1cccc(NC(=O)c2cc(C3CC3)nc3onc(C)c23)c1. The first-order valence-electron chi connectivity index (χ1n) is 8.33. The Labute approximate surface area is 149 Å². The van der Waals surface area contributed by atoms with Gasteiger partial charge in [0, 0.05) is 17.3 Å². The third-order valence-corrected chi connectivity index (χ3v) is 4.42. The molecule has 26 heavy (non-hydrogen) atoms. The van der Waals surface area contributed by atoms with Crippen LogP contribution in [0.5, 0.6) is 0 Å². The van der Waals surface area contributed by atoms with Crippen LogP contribution in [0.15, 0.2) is 34.9 Å². The van der Waals surface area contributed by atoms with E-state index in [1.54, 1.807) is 31.2 Å². The quantitative estimate of drug-likeness (QED) is 0.724. The van der Waals surface area contributed by atoms with Crippen molar-refractivity contribution in [2.75, 3.05) is 12.4 Å². The number of carbonyl (C=O) groups excluding carboxylic acids is 2. The Morgan fingerprint density at radius 1 is 1.27 bits per heavy atom. The molecular formula is C19H17N3O4. The first-order chi connectivity index (χ1) is 12.6. The van der Waals surface area contributed by atoms with Gasteiger partial charge in [0.1, 0.15) is 0 Å². The van der Waals surface area contributed by atoms with Crippen molar-refractivity contribution in [3.8, 4) is 0 Å². The van der Waals surface area contributed by atoms with Crippen LogP contribution >= 0.6 is 0 Å². The van der Waals surface area contributed by atoms with Gasteiger partial charge in [0.2, 0.25) is 0 Å². The maximum Gasteiger partial charge on any atom is 0.337 e. The van der Waals surface area contributed by atoms with E-state index in [2.05, 4.69) is 15.5 Å². The number of hydrogen-bond acceptors (Lipinski definition) is 6. The molecule has 132 valence electrons. The number of amides is 1. The summed E-state index contributed by atoms with van der Waals surface area (Å²) in [6.07, 6.45) is 2.13. The second-order valence-corrected chi connectivity index (χ2v) is 6.34. The molecular weight excluding hydrogens is 334 g/mol. The number of carbonyl (C=O) groups is 2. The van der Waals surface area contributed by atoms with E-state index in [4.69, 9.17) is 9.26 Å². The number of rotatable bonds is 4. The number of aromatic nitrogens is 2. The lowest BCUT2D eigenvalue weighted by molar-refractivity contribution is 0.0600. The number of aryl methyl sites for hydroxylation is 1. The topological polar surface area (TPSA) is 94.3 Å². The molecule has 1 amide bonds. The Morgan fingerprint density at radius 2 is 2.08 bits per heavy atom. The maximum atomic E-state index is 12.9. The van der Waals surface area contributed by atoms with Crippen molar-refractivity contribution in [2.45, 2.75) is 25.7 Å². The standard InChI is InChI=1S/C19H17N3O4/c1-10-16-14(9-15(11-6-7-11)21-18(16)26-22-10)17(23)20-13-5-3-4-12(8-13)19(24)25-2/h3-5,8-9,11H,6-7H2,1-2H3,(H,20,23). The summed E-state index contributed by atoms with van der Waals surface area (Å²) in [5.41, 5.74) is 3.18. The van der Waals surface area contributed by atoms with Crippen molar-refractivity contribution in [3.63, 3.8) is 0 Å². The summed E-state index contributed by atoms with van der Waals surface area (Å²) in [6.45, 7) is 1.78. The minimum Gasteiger partial charge on any atom is -0.465 e. The van der Waals surface area contributed by atoms with Crippen molar-refractivity contribution in [1.82, 2.24) is 10.1 Å². The minimum atomic E-state index is -0.460. The zero-order valence-corrected chi connectivity index (χ0v) is 14.4. The molecule has 0 saturated heterocycles. The molecule has 1 aliphatic carbocycles. The summed E-state index contributed by atoms with van der Waals surface area (Å²) in [7, 11) is 1.31. The normalized spacial score (nSPS) is 13.6. The van der Waals surface area contributed by atoms with Gasteiger partial charge in [0.15, 0.2) is 0 Å². The molecule has 4 rings (SSSR count). The molecule has 7 heteroatoms. The third-order valence-electron chi connectivity index (χ3n) is 4.42. The highest BCUT2D eigenvalue weighted by atomic mass is 16.5. The molecule has 0 spiro atoms. The smallest absolute Gasteiger partial charge is 0.337 e. The van der Waals surface area contributed by atoms with Crippen LogP contribution in [0.1, 0.15) is 50.9 Å². The number of ether oxygens (including phenoxy) is 1. The van der Waals surface area contributed by atoms with Gasteiger partial charge < -0.3 is 14.6 Å². The number of esters is 1. The minimum absolute atomic E-state index is 0.299. The van der Waals surface area contributed by atoms with Crippen molar-refractivity contribution in [2.24, 2.45) is 0 Å². The molecule has 1 saturated carbocycles. The van der Waals surface area contributed by atoms with Gasteiger partial charge in [-0.1, -0.05) is 11.2 Å². The Hall–Kier alpha value is -3.22. The number of nitrogens with one attached hydrogen (secondary N) is 1. The van der Waals surface area contributed by atoms with E-state index in [9.17, 15) is 9.59 Å². The van der Waals surface area contributed by atoms with Crippen LogP contribution in [0.2, 0.25) is 0 Å². The third kappa shape index (κ3) is 2.92. The number of hydrogen-bond donors (Lipinski definition) is 1. The fourth-order valence-corrected chi connectivity index (χ4v) is 2.92. The summed E-state index contributed by atoms with van der Waals surface area (Å²) in [6, 6.07) is 8.41. The summed E-state index contributed by atoms with van der Waals surface area (Å²) in [4.78, 5) is 29.1. The van der Waals surface area contributed by atoms with Gasteiger partial charge in [0.05, 0.1) is 29.3 Å². The summed E-state index contributed by atoms with van der Waals surface area (Å²) < 4.78 is 9.98. The van der Waals surface area contributed by atoms with Gasteiger partial charge in [0.25, 0.3) is 11.6 Å². The predicted octanol–water partition coefficient (Wildman–Crippen LogP) is 3.45. The highest BCUT2D eigenvalue weighted by Gasteiger charge is 2.28. The maximum absolute atomic E-state index is 12.9. The van der Waals surface area contributed by atoms with Crippen LogP contribution in [-0.2, 0) is 4.74 Å². The highest BCUT2D eigenvalue weighted by Crippen LogP contribution is 2.40. The Balaban J connectivity index is 1.70. The molecule has 7 nitrogen and oxygen atoms in total. The van der Waals surface area contributed by atoms with Crippen molar-refractivity contribution >= 4 is 28.7 Å². The second-order valence-electron chi connectivity index (χ2n) is 6.34. The first-order valence-corrected chi connectivity index (χ1v) is 8.33. The number of fused-ring (bicyclic) bond motifs is 1. The van der Waals surface area contributed by atoms with Crippen LogP contribution in [0.3, 0.4) is 0 Å². The second kappa shape index (κ2) is 6.25. The summed E-state index contributed by atoms with van der Waals surface area (Å²) >= 11 is 0. The molecule has 1 fully saturated rings. The predicted molar refractivity (Wildman–Crippen MR) is 94.3 cm³/mol. The van der Waals surface area contributed by atoms with E-state index in [0.717, 1.165) is 18.5 Å². The Morgan fingerprint density at radius 3 is 2.81 bits per heavy atom. The lowest BCUT2D eigenvalue weighted by Gasteiger charge is -2.09. The number of methoxy groups -OCH3 is 1. The average Bonchev–Trinajstić information content (AvgIpc) is 3.44. The molecule has 0 atom stereocenters. The van der Waals surface area contributed by atoms with E-state index in [-0.39, 0.29) is 5.91 Å². The molecule has 1 N–H and O–H groups in total. The average molecular weight is 351 g/mol. The molecule has 0 aliphatic heterocycles. The Bertz CT molecular complexity index is 1020. The van der Waals surface area contributed by atoms with Gasteiger partial charge in [-0.15, -0.1) is 0 Å². The fraction of sp³-hybridized carbons (Fsp3) is 0.263. The Kier molecular flexibility index (Phi) is 3.91. The molecule has 2 aromatic heterocycles. The largest absolute Gasteiger partial charge is 0.465 e. The molecule has 1 aromatic carbocycles. The van der Waals surface area contributed by atoms with Crippen molar-refractivity contribution < 1.29 is 18.8 Å². The summed E-state index contributed by atoms with van der Waals surface area (Å²) in [5, 5.41) is 7.37. The van der Waals surface area contributed by atoms with E-state index < -0.39 is 5.97 Å². The van der Waals surface area contributed by atoms with Crippen LogP contribution in [0.25, 0.3) is 11.1 Å². The number of nitrogens with zero attached hydrogens (tertiary/aromatic N) is 2.